The van der Waals surface area contributed by atoms with E-state index in [9.17, 15) is 4.79 Å². The van der Waals surface area contributed by atoms with Crippen molar-refractivity contribution in [3.63, 3.8) is 0 Å². The van der Waals surface area contributed by atoms with Crippen LogP contribution in [0.2, 0.25) is 16.6 Å². The maximum Gasteiger partial charge on any atom is 0.242 e. The maximum absolute atomic E-state index is 12.8. The number of hydrogen-bond acceptors (Lipinski definition) is 6. The van der Waals surface area contributed by atoms with Crippen molar-refractivity contribution in [1.29, 1.82) is 0 Å². The van der Waals surface area contributed by atoms with E-state index in [1.165, 1.54) is 0 Å². The molecule has 2 N–H and O–H groups in total. The topological polar surface area (TPSA) is 93.4 Å². The number of aromatic nitrogens is 4. The van der Waals surface area contributed by atoms with E-state index in [2.05, 4.69) is 68.6 Å². The number of ether oxygens (including phenoxy) is 1. The van der Waals surface area contributed by atoms with Gasteiger partial charge in [-0.25, -0.2) is 15.0 Å². The highest BCUT2D eigenvalue weighted by Gasteiger charge is 2.41. The Morgan fingerprint density at radius 3 is 2.29 bits per heavy atom. The average Bonchev–Trinajstić information content (AvgIpc) is 3.35. The maximum atomic E-state index is 12.8. The van der Waals surface area contributed by atoms with Crippen molar-refractivity contribution in [2.75, 3.05) is 19.5 Å². The number of carbonyl (C=O) groups is 1. The Bertz CT molecular complexity index is 1610. The lowest BCUT2D eigenvalue weighted by Gasteiger charge is -2.38. The highest BCUT2D eigenvalue weighted by Crippen LogP contribution is 2.41. The van der Waals surface area contributed by atoms with Crippen LogP contribution in [0.4, 0.5) is 5.82 Å². The van der Waals surface area contributed by atoms with E-state index in [1.807, 2.05) is 60.0 Å². The molecule has 8 nitrogen and oxygen atoms in total. The molecule has 0 radical (unpaired) electrons. The van der Waals surface area contributed by atoms with Gasteiger partial charge in [0.25, 0.3) is 0 Å². The van der Waals surface area contributed by atoms with Gasteiger partial charge < -0.3 is 15.4 Å². The van der Waals surface area contributed by atoms with Gasteiger partial charge in [-0.05, 0) is 67.0 Å². The van der Waals surface area contributed by atoms with Crippen molar-refractivity contribution < 1.29 is 9.53 Å². The van der Waals surface area contributed by atoms with Crippen LogP contribution < -0.4 is 15.4 Å². The number of likely N-dealkylation sites (N-methyl/N-ethyl adjacent to an activating group) is 1. The van der Waals surface area contributed by atoms with Gasteiger partial charge in [-0.3, -0.25) is 9.20 Å². The lowest BCUT2D eigenvalue weighted by Crippen LogP contribution is -2.43. The van der Waals surface area contributed by atoms with Gasteiger partial charge in [-0.15, -0.1) is 5.54 Å². The summed E-state index contributed by atoms with van der Waals surface area (Å²) in [7, 11) is 1.28. The number of imidazole rings is 1. The van der Waals surface area contributed by atoms with Gasteiger partial charge >= 0.3 is 0 Å². The fourth-order valence-electron chi connectivity index (χ4n) is 5.96. The molecule has 0 saturated heterocycles. The molecule has 1 unspecified atom stereocenters. The Hall–Kier alpha value is -4.00. The molecular weight excluding hydrogens is 540 g/mol. The first-order chi connectivity index (χ1) is 20.0. The Kier molecular flexibility index (Phi) is 9.49. The van der Waals surface area contributed by atoms with Crippen LogP contribution in [0.3, 0.4) is 0 Å². The molecule has 0 saturated carbocycles. The van der Waals surface area contributed by atoms with Crippen LogP contribution in [0.1, 0.15) is 54.2 Å². The summed E-state index contributed by atoms with van der Waals surface area (Å²) in [5.74, 6) is 4.34. The molecule has 0 aliphatic heterocycles. The molecular formula is C33H42N6O2Si. The Morgan fingerprint density at radius 1 is 0.929 bits per heavy atom. The summed E-state index contributed by atoms with van der Waals surface area (Å²) in [5, 5.41) is 5.93. The first kappa shape index (κ1) is 30.9. The molecule has 4 rings (SSSR count). The number of pyridine rings is 3. The zero-order valence-corrected chi connectivity index (χ0v) is 27.1. The fourth-order valence-corrected chi connectivity index (χ4v) is 11.2. The van der Waals surface area contributed by atoms with E-state index in [4.69, 9.17) is 14.7 Å². The molecule has 9 heteroatoms. The molecule has 4 heterocycles. The van der Waals surface area contributed by atoms with E-state index in [1.54, 1.807) is 20.4 Å². The number of rotatable bonds is 9. The number of amides is 1. The van der Waals surface area contributed by atoms with Crippen molar-refractivity contribution in [2.24, 2.45) is 0 Å². The molecule has 0 aliphatic carbocycles. The molecule has 0 fully saturated rings. The summed E-state index contributed by atoms with van der Waals surface area (Å²) < 4.78 is 7.68. The summed E-state index contributed by atoms with van der Waals surface area (Å²) in [6.07, 6.45) is 3.69. The molecule has 4 aromatic rings. The average molecular weight is 583 g/mol. The minimum absolute atomic E-state index is 0.164. The molecule has 0 bridgehead atoms. The number of carbonyl (C=O) groups excluding carboxylic acids is 1. The number of hydrogen-bond donors (Lipinski definition) is 2. The van der Waals surface area contributed by atoms with Crippen LogP contribution in [0.15, 0.2) is 54.9 Å². The second kappa shape index (κ2) is 12.9. The third kappa shape index (κ3) is 5.83. The summed E-state index contributed by atoms with van der Waals surface area (Å²) >= 11 is 0. The second-order valence-corrected chi connectivity index (χ2v) is 17.1. The van der Waals surface area contributed by atoms with Crippen molar-refractivity contribution >= 4 is 25.4 Å². The molecule has 4 aromatic heterocycles. The second-order valence-electron chi connectivity index (χ2n) is 11.5. The fraction of sp³-hybridized carbons (Fsp3) is 0.394. The number of nitrogens with one attached hydrogen (secondary N) is 2. The van der Waals surface area contributed by atoms with Crippen LogP contribution >= 0.6 is 0 Å². The van der Waals surface area contributed by atoms with E-state index in [0.717, 1.165) is 28.2 Å². The standard InChI is InChI=1S/C33H42N6O2Si/c1-21(2)42(22(3)4,23(5)6)20-17-27-25(15-16-28(36-27)37-32(40)24(7)34-8)31-30(26-13-12-18-35-33(26)41-9)38-29-14-10-11-19-39(29)31/h10-16,18-19,21-24,34H,1-9H3,(H,36,37,40). The van der Waals surface area contributed by atoms with Crippen LogP contribution in [0, 0.1) is 11.5 Å². The van der Waals surface area contributed by atoms with Crippen LogP contribution in [0.5, 0.6) is 5.88 Å². The summed E-state index contributed by atoms with van der Waals surface area (Å²) in [4.78, 5) is 27.2. The minimum atomic E-state index is -2.09. The van der Waals surface area contributed by atoms with Gasteiger partial charge in [-0.1, -0.05) is 53.5 Å². The molecule has 0 aromatic carbocycles. The Morgan fingerprint density at radius 2 is 1.64 bits per heavy atom. The lowest BCUT2D eigenvalue weighted by atomic mass is 10.0. The molecule has 42 heavy (non-hydrogen) atoms. The van der Waals surface area contributed by atoms with Crippen molar-refractivity contribution in [3.8, 4) is 39.9 Å². The normalized spacial score (nSPS) is 12.5. The van der Waals surface area contributed by atoms with Crippen molar-refractivity contribution in [2.45, 2.75) is 71.1 Å². The molecule has 0 spiro atoms. The van der Waals surface area contributed by atoms with Crippen molar-refractivity contribution in [1.82, 2.24) is 24.7 Å². The van der Waals surface area contributed by atoms with Crippen molar-refractivity contribution in [3.05, 3.63) is 60.6 Å². The van der Waals surface area contributed by atoms with E-state index in [-0.39, 0.29) is 11.9 Å². The third-order valence-electron chi connectivity index (χ3n) is 8.24. The first-order valence-electron chi connectivity index (χ1n) is 14.5. The third-order valence-corrected chi connectivity index (χ3v) is 14.5. The molecule has 220 valence electrons. The van der Waals surface area contributed by atoms with Crippen LogP contribution in [-0.4, -0.2) is 53.5 Å². The van der Waals surface area contributed by atoms with Gasteiger partial charge in [0.15, 0.2) is 0 Å². The summed E-state index contributed by atoms with van der Waals surface area (Å²) in [6, 6.07) is 13.2. The van der Waals surface area contributed by atoms with Crippen LogP contribution in [0.25, 0.3) is 28.2 Å². The SMILES string of the molecule is CNC(C)C(=O)Nc1ccc(-c2c(-c3cccnc3OC)nc3ccccn23)c(C#C[Si](C(C)C)(C(C)C)C(C)C)n1. The zero-order valence-electron chi connectivity index (χ0n) is 26.1. The lowest BCUT2D eigenvalue weighted by molar-refractivity contribution is -0.117. The minimum Gasteiger partial charge on any atom is -0.481 e. The molecule has 1 amide bonds. The molecule has 0 aliphatic rings. The number of methoxy groups -OCH3 is 1. The van der Waals surface area contributed by atoms with Gasteiger partial charge in [0.05, 0.1) is 24.4 Å². The van der Waals surface area contributed by atoms with Gasteiger partial charge in [-0.2, -0.15) is 0 Å². The smallest absolute Gasteiger partial charge is 0.242 e. The van der Waals surface area contributed by atoms with Gasteiger partial charge in [0, 0.05) is 18.0 Å². The highest BCUT2D eigenvalue weighted by molar-refractivity contribution is 6.90. The van der Waals surface area contributed by atoms with Gasteiger partial charge in [0.2, 0.25) is 11.8 Å². The summed E-state index contributed by atoms with van der Waals surface area (Å²) in [6.45, 7) is 15.6. The van der Waals surface area contributed by atoms with E-state index < -0.39 is 8.07 Å². The predicted octanol–water partition coefficient (Wildman–Crippen LogP) is 6.58. The summed E-state index contributed by atoms with van der Waals surface area (Å²) in [5.41, 5.74) is 9.72. The Labute approximate surface area is 250 Å². The monoisotopic (exact) mass is 582 g/mol. The molecule has 1 atom stereocenters. The van der Waals surface area contributed by atoms with E-state index >= 15 is 0 Å². The first-order valence-corrected chi connectivity index (χ1v) is 16.8. The Balaban J connectivity index is 2.03. The number of nitrogens with zero attached hydrogens (tertiary/aromatic N) is 4. The van der Waals surface area contributed by atoms with E-state index in [0.29, 0.717) is 34.0 Å². The van der Waals surface area contributed by atoms with Crippen LogP contribution in [-0.2, 0) is 4.79 Å². The highest BCUT2D eigenvalue weighted by atomic mass is 28.3. The predicted molar refractivity (Wildman–Crippen MR) is 173 cm³/mol. The number of anilines is 1. The largest absolute Gasteiger partial charge is 0.481 e. The quantitative estimate of drug-likeness (QED) is 0.171. The van der Waals surface area contributed by atoms with Gasteiger partial charge in [0.1, 0.15) is 30.9 Å². The zero-order chi connectivity index (χ0) is 30.6. The number of fused-ring (bicyclic) bond motifs is 1.